The summed E-state index contributed by atoms with van der Waals surface area (Å²) in [5.41, 5.74) is 2.83. The fourth-order valence-electron chi connectivity index (χ4n) is 3.60. The largest absolute Gasteiger partial charge is 0.385 e. The van der Waals surface area contributed by atoms with Crippen LogP contribution in [0.4, 0.5) is 5.69 Å². The van der Waals surface area contributed by atoms with Crippen molar-refractivity contribution in [3.05, 3.63) is 29.8 Å². The number of hydrogen-bond donors (Lipinski definition) is 1. The third-order valence-corrected chi connectivity index (χ3v) is 4.55. The topological polar surface area (TPSA) is 24.5 Å². The Bertz CT molecular complexity index is 433. The molecular formula is C17H26N2O. The van der Waals surface area contributed by atoms with E-state index in [-0.39, 0.29) is 0 Å². The second-order valence-corrected chi connectivity index (χ2v) is 5.98. The highest BCUT2D eigenvalue weighted by molar-refractivity contribution is 5.54. The summed E-state index contributed by atoms with van der Waals surface area (Å²) in [4.78, 5) is 2.61. The molecule has 2 atom stereocenters. The van der Waals surface area contributed by atoms with E-state index >= 15 is 0 Å². The zero-order valence-corrected chi connectivity index (χ0v) is 12.5. The number of anilines is 1. The lowest BCUT2D eigenvalue weighted by atomic mass is 9.90. The molecule has 1 fully saturated rings. The van der Waals surface area contributed by atoms with E-state index in [4.69, 9.17) is 4.74 Å². The van der Waals surface area contributed by atoms with E-state index in [1.807, 2.05) is 0 Å². The van der Waals surface area contributed by atoms with Crippen LogP contribution in [0.15, 0.2) is 24.3 Å². The number of para-hydroxylation sites is 1. The summed E-state index contributed by atoms with van der Waals surface area (Å²) < 4.78 is 5.82. The molecule has 2 aliphatic heterocycles. The second-order valence-electron chi connectivity index (χ2n) is 5.98. The molecule has 2 unspecified atom stereocenters. The predicted octanol–water partition coefficient (Wildman–Crippen LogP) is 3.09. The number of hydrogen-bond acceptors (Lipinski definition) is 3. The summed E-state index contributed by atoms with van der Waals surface area (Å²) in [5.74, 6) is 0.674. The molecule has 3 nitrogen and oxygen atoms in total. The molecule has 0 aliphatic carbocycles. The van der Waals surface area contributed by atoms with Crippen molar-refractivity contribution >= 4 is 5.69 Å². The first kappa shape index (κ1) is 13.9. The van der Waals surface area contributed by atoms with Gasteiger partial charge >= 0.3 is 0 Å². The predicted molar refractivity (Wildman–Crippen MR) is 83.4 cm³/mol. The Labute approximate surface area is 122 Å². The van der Waals surface area contributed by atoms with E-state index in [9.17, 15) is 0 Å². The van der Waals surface area contributed by atoms with E-state index in [0.29, 0.717) is 12.0 Å². The summed E-state index contributed by atoms with van der Waals surface area (Å²) >= 11 is 0. The first-order chi connectivity index (χ1) is 9.86. The van der Waals surface area contributed by atoms with Crippen LogP contribution in [0.3, 0.4) is 0 Å². The van der Waals surface area contributed by atoms with Crippen molar-refractivity contribution < 1.29 is 4.74 Å². The Kier molecular flexibility index (Phi) is 4.58. The monoisotopic (exact) mass is 274 g/mol. The van der Waals surface area contributed by atoms with Crippen LogP contribution in [0.2, 0.25) is 0 Å². The van der Waals surface area contributed by atoms with E-state index in [1.165, 1.54) is 43.6 Å². The highest BCUT2D eigenvalue weighted by atomic mass is 16.5. The van der Waals surface area contributed by atoms with Gasteiger partial charge in [0.1, 0.15) is 0 Å². The first-order valence-corrected chi connectivity index (χ1v) is 8.03. The first-order valence-electron chi connectivity index (χ1n) is 8.03. The highest BCUT2D eigenvalue weighted by Crippen LogP contribution is 2.32. The molecule has 1 saturated heterocycles. The maximum absolute atomic E-state index is 5.82. The molecule has 1 aromatic rings. The summed E-state index contributed by atoms with van der Waals surface area (Å²) in [7, 11) is 0. The van der Waals surface area contributed by atoms with E-state index in [1.54, 1.807) is 0 Å². The Hall–Kier alpha value is -1.06. The lowest BCUT2D eigenvalue weighted by Crippen LogP contribution is -2.42. The summed E-state index contributed by atoms with van der Waals surface area (Å²) in [6.07, 6.45) is 4.20. The number of piperidine rings is 1. The Morgan fingerprint density at radius 2 is 2.20 bits per heavy atom. The van der Waals surface area contributed by atoms with Gasteiger partial charge < -0.3 is 15.0 Å². The van der Waals surface area contributed by atoms with Gasteiger partial charge in [-0.3, -0.25) is 0 Å². The van der Waals surface area contributed by atoms with Crippen molar-refractivity contribution in [2.45, 2.75) is 38.2 Å². The molecule has 0 amide bonds. The van der Waals surface area contributed by atoms with Crippen LogP contribution in [-0.2, 0) is 4.74 Å². The Morgan fingerprint density at radius 1 is 1.30 bits per heavy atom. The zero-order valence-electron chi connectivity index (χ0n) is 12.5. The molecule has 110 valence electrons. The van der Waals surface area contributed by atoms with E-state index in [2.05, 4.69) is 41.4 Å². The van der Waals surface area contributed by atoms with Gasteiger partial charge in [0.05, 0.1) is 6.10 Å². The van der Waals surface area contributed by atoms with Crippen LogP contribution in [0.1, 0.15) is 37.7 Å². The van der Waals surface area contributed by atoms with Gasteiger partial charge in [-0.2, -0.15) is 0 Å². The highest BCUT2D eigenvalue weighted by Gasteiger charge is 2.25. The van der Waals surface area contributed by atoms with Gasteiger partial charge in [0.15, 0.2) is 0 Å². The number of ether oxygens (including phenoxy) is 1. The van der Waals surface area contributed by atoms with Gasteiger partial charge in [-0.1, -0.05) is 18.2 Å². The molecule has 0 saturated carbocycles. The van der Waals surface area contributed by atoms with Crippen LogP contribution < -0.4 is 5.32 Å². The molecule has 3 rings (SSSR count). The number of nitrogens with one attached hydrogen (secondary N) is 1. The van der Waals surface area contributed by atoms with Gasteiger partial charge in [-0.25, -0.2) is 0 Å². The lowest BCUT2D eigenvalue weighted by Gasteiger charge is -2.36. The average molecular weight is 274 g/mol. The Morgan fingerprint density at radius 3 is 3.10 bits per heavy atom. The molecule has 0 spiro atoms. The molecule has 20 heavy (non-hydrogen) atoms. The SMILES string of the molecule is CCOC1CCCN(CC2CCNc3ccccc32)C1. The maximum Gasteiger partial charge on any atom is 0.0702 e. The van der Waals surface area contributed by atoms with Crippen molar-refractivity contribution in [3.8, 4) is 0 Å². The van der Waals surface area contributed by atoms with Crippen LogP contribution >= 0.6 is 0 Å². The van der Waals surface area contributed by atoms with E-state index in [0.717, 1.165) is 19.7 Å². The van der Waals surface area contributed by atoms with Crippen LogP contribution in [0.5, 0.6) is 0 Å². The van der Waals surface area contributed by atoms with Gasteiger partial charge in [0, 0.05) is 37.8 Å². The average Bonchev–Trinajstić information content (AvgIpc) is 2.48. The molecule has 3 heteroatoms. The van der Waals surface area contributed by atoms with Gasteiger partial charge in [-0.15, -0.1) is 0 Å². The quantitative estimate of drug-likeness (QED) is 0.913. The smallest absolute Gasteiger partial charge is 0.0702 e. The van der Waals surface area contributed by atoms with Gasteiger partial charge in [0.25, 0.3) is 0 Å². The number of benzene rings is 1. The number of fused-ring (bicyclic) bond motifs is 1. The minimum atomic E-state index is 0.450. The fraction of sp³-hybridized carbons (Fsp3) is 0.647. The van der Waals surface area contributed by atoms with Crippen molar-refractivity contribution in [2.24, 2.45) is 0 Å². The normalized spacial score (nSPS) is 26.9. The molecule has 1 N–H and O–H groups in total. The van der Waals surface area contributed by atoms with Gasteiger partial charge in [-0.05, 0) is 44.4 Å². The number of likely N-dealkylation sites (tertiary alicyclic amines) is 1. The summed E-state index contributed by atoms with van der Waals surface area (Å²) in [6, 6.07) is 8.79. The maximum atomic E-state index is 5.82. The van der Waals surface area contributed by atoms with E-state index < -0.39 is 0 Å². The van der Waals surface area contributed by atoms with Crippen molar-refractivity contribution in [1.82, 2.24) is 4.90 Å². The summed E-state index contributed by atoms with van der Waals surface area (Å²) in [5, 5.41) is 3.52. The second kappa shape index (κ2) is 6.59. The number of rotatable bonds is 4. The standard InChI is InChI=1S/C17H26N2O/c1-2-20-15-6-5-11-19(13-15)12-14-9-10-18-17-8-4-3-7-16(14)17/h3-4,7-8,14-15,18H,2,5-6,9-13H2,1H3. The van der Waals surface area contributed by atoms with Gasteiger partial charge in [0.2, 0.25) is 0 Å². The van der Waals surface area contributed by atoms with Crippen molar-refractivity contribution in [1.29, 1.82) is 0 Å². The fourth-order valence-corrected chi connectivity index (χ4v) is 3.60. The molecule has 0 bridgehead atoms. The molecular weight excluding hydrogens is 248 g/mol. The number of nitrogens with zero attached hydrogens (tertiary/aromatic N) is 1. The van der Waals surface area contributed by atoms with Crippen LogP contribution in [0.25, 0.3) is 0 Å². The van der Waals surface area contributed by atoms with Crippen molar-refractivity contribution in [3.63, 3.8) is 0 Å². The third kappa shape index (κ3) is 3.15. The molecule has 0 radical (unpaired) electrons. The lowest BCUT2D eigenvalue weighted by molar-refractivity contribution is 0.00417. The van der Waals surface area contributed by atoms with Crippen LogP contribution in [0, 0.1) is 0 Å². The zero-order chi connectivity index (χ0) is 13.8. The molecule has 2 aliphatic rings. The van der Waals surface area contributed by atoms with Crippen molar-refractivity contribution in [2.75, 3.05) is 38.1 Å². The minimum Gasteiger partial charge on any atom is -0.385 e. The minimum absolute atomic E-state index is 0.450. The van der Waals surface area contributed by atoms with Crippen LogP contribution in [-0.4, -0.2) is 43.8 Å². The molecule has 2 heterocycles. The summed E-state index contributed by atoms with van der Waals surface area (Å²) in [6.45, 7) is 7.57. The molecule has 0 aromatic heterocycles. The third-order valence-electron chi connectivity index (χ3n) is 4.55. The Balaban J connectivity index is 1.63. The molecule has 1 aromatic carbocycles.